The molecule has 0 saturated carbocycles. The van der Waals surface area contributed by atoms with Gasteiger partial charge in [-0.1, -0.05) is 17.7 Å². The number of nitrogens with two attached hydrogens (primary N) is 1. The summed E-state index contributed by atoms with van der Waals surface area (Å²) >= 11 is 5.79. The van der Waals surface area contributed by atoms with E-state index in [1.807, 2.05) is 0 Å². The fraction of sp³-hybridized carbons (Fsp3) is 0.538. The van der Waals surface area contributed by atoms with Gasteiger partial charge in [-0.05, 0) is 42.9 Å². The topological polar surface area (TPSA) is 47.3 Å². The van der Waals surface area contributed by atoms with Crippen LogP contribution in [0.3, 0.4) is 0 Å². The third kappa shape index (κ3) is 3.42. The molecule has 3 nitrogen and oxygen atoms in total. The second-order valence-corrected chi connectivity index (χ2v) is 5.09. The van der Waals surface area contributed by atoms with E-state index >= 15 is 0 Å². The van der Waals surface area contributed by atoms with Crippen molar-refractivity contribution in [2.24, 2.45) is 11.8 Å². The van der Waals surface area contributed by atoms with E-state index < -0.39 is 5.82 Å². The molecule has 1 aliphatic rings. The summed E-state index contributed by atoms with van der Waals surface area (Å²) in [6.45, 7) is 1.62. The number of hydrogen-bond acceptors (Lipinski definition) is 3. The number of hydrazine groups is 1. The van der Waals surface area contributed by atoms with Crippen LogP contribution < -0.4 is 11.3 Å². The first-order valence-corrected chi connectivity index (χ1v) is 6.57. The van der Waals surface area contributed by atoms with Crippen molar-refractivity contribution in [2.75, 3.05) is 13.2 Å². The summed E-state index contributed by atoms with van der Waals surface area (Å²) in [5.74, 6) is 5.78. The van der Waals surface area contributed by atoms with Crippen LogP contribution >= 0.6 is 11.6 Å². The van der Waals surface area contributed by atoms with Crippen molar-refractivity contribution >= 4 is 11.6 Å². The Morgan fingerprint density at radius 2 is 2.17 bits per heavy atom. The van der Waals surface area contributed by atoms with Crippen LogP contribution in [0.1, 0.15) is 30.9 Å². The highest BCUT2D eigenvalue weighted by atomic mass is 35.5. The van der Waals surface area contributed by atoms with Crippen LogP contribution in [-0.2, 0) is 4.74 Å². The molecule has 5 heteroatoms. The van der Waals surface area contributed by atoms with Gasteiger partial charge in [0, 0.05) is 19.3 Å². The number of halogens is 2. The zero-order valence-electron chi connectivity index (χ0n) is 10.2. The van der Waals surface area contributed by atoms with Gasteiger partial charge in [-0.15, -0.1) is 0 Å². The molecule has 100 valence electrons. The molecule has 0 aliphatic carbocycles. The van der Waals surface area contributed by atoms with E-state index in [1.165, 1.54) is 6.07 Å². The molecule has 1 atom stereocenters. The Balaban J connectivity index is 2.04. The molecule has 3 N–H and O–H groups in total. The fourth-order valence-corrected chi connectivity index (χ4v) is 2.53. The van der Waals surface area contributed by atoms with Gasteiger partial charge in [-0.2, -0.15) is 0 Å². The lowest BCUT2D eigenvalue weighted by Crippen LogP contribution is -2.31. The molecule has 1 fully saturated rings. The molecule has 0 bridgehead atoms. The first kappa shape index (κ1) is 13.7. The van der Waals surface area contributed by atoms with E-state index in [-0.39, 0.29) is 11.1 Å². The zero-order chi connectivity index (χ0) is 13.0. The third-order valence-corrected chi connectivity index (χ3v) is 3.75. The smallest absolute Gasteiger partial charge is 0.141 e. The molecule has 2 rings (SSSR count). The summed E-state index contributed by atoms with van der Waals surface area (Å²) in [6.07, 6.45) is 3.02. The SMILES string of the molecule is NNC(CC1CCOCC1)c1ccc(F)c(Cl)c1. The number of benzene rings is 1. The number of rotatable bonds is 4. The molecule has 1 saturated heterocycles. The van der Waals surface area contributed by atoms with E-state index in [0.29, 0.717) is 5.92 Å². The fourth-order valence-electron chi connectivity index (χ4n) is 2.34. The number of nitrogens with one attached hydrogen (secondary N) is 1. The maximum atomic E-state index is 13.1. The Morgan fingerprint density at radius 3 is 2.78 bits per heavy atom. The van der Waals surface area contributed by atoms with Crippen molar-refractivity contribution in [1.82, 2.24) is 5.43 Å². The Labute approximate surface area is 111 Å². The first-order valence-electron chi connectivity index (χ1n) is 6.19. The highest BCUT2D eigenvalue weighted by Crippen LogP contribution is 2.29. The van der Waals surface area contributed by atoms with E-state index in [2.05, 4.69) is 5.43 Å². The summed E-state index contributed by atoms with van der Waals surface area (Å²) in [5, 5.41) is 0.139. The van der Waals surface area contributed by atoms with E-state index in [4.69, 9.17) is 22.2 Å². The molecule has 0 aromatic heterocycles. The van der Waals surface area contributed by atoms with Crippen LogP contribution in [0.15, 0.2) is 18.2 Å². The minimum absolute atomic E-state index is 0.00574. The van der Waals surface area contributed by atoms with Crippen LogP contribution in [0.25, 0.3) is 0 Å². The average molecular weight is 273 g/mol. The molecule has 1 heterocycles. The van der Waals surface area contributed by atoms with Gasteiger partial charge >= 0.3 is 0 Å². The summed E-state index contributed by atoms with van der Waals surface area (Å²) in [6, 6.07) is 4.75. The van der Waals surface area contributed by atoms with Crippen LogP contribution in [0.2, 0.25) is 5.02 Å². The van der Waals surface area contributed by atoms with Crippen molar-refractivity contribution < 1.29 is 9.13 Å². The maximum Gasteiger partial charge on any atom is 0.141 e. The molecule has 18 heavy (non-hydrogen) atoms. The summed E-state index contributed by atoms with van der Waals surface area (Å²) < 4.78 is 18.5. The summed E-state index contributed by atoms with van der Waals surface area (Å²) in [5.41, 5.74) is 3.72. The summed E-state index contributed by atoms with van der Waals surface area (Å²) in [4.78, 5) is 0. The van der Waals surface area contributed by atoms with Gasteiger partial charge in [-0.3, -0.25) is 11.3 Å². The van der Waals surface area contributed by atoms with Crippen molar-refractivity contribution in [1.29, 1.82) is 0 Å². The predicted octanol–water partition coefficient (Wildman–Crippen LogP) is 2.80. The van der Waals surface area contributed by atoms with Gasteiger partial charge in [0.25, 0.3) is 0 Å². The molecule has 0 spiro atoms. The maximum absolute atomic E-state index is 13.1. The number of ether oxygens (including phenoxy) is 1. The van der Waals surface area contributed by atoms with E-state index in [9.17, 15) is 4.39 Å². The van der Waals surface area contributed by atoms with Crippen LogP contribution in [0.5, 0.6) is 0 Å². The van der Waals surface area contributed by atoms with Crippen molar-refractivity contribution in [3.8, 4) is 0 Å². The largest absolute Gasteiger partial charge is 0.381 e. The van der Waals surface area contributed by atoms with Crippen molar-refractivity contribution in [3.05, 3.63) is 34.6 Å². The quantitative estimate of drug-likeness (QED) is 0.654. The minimum atomic E-state index is -0.401. The highest BCUT2D eigenvalue weighted by molar-refractivity contribution is 6.30. The minimum Gasteiger partial charge on any atom is -0.381 e. The molecule has 0 radical (unpaired) electrons. The summed E-state index contributed by atoms with van der Waals surface area (Å²) in [7, 11) is 0. The standard InChI is InChI=1S/C13H18ClFN2O/c14-11-8-10(1-2-12(11)15)13(17-16)7-9-3-5-18-6-4-9/h1-2,8-9,13,17H,3-7,16H2. The average Bonchev–Trinajstić information content (AvgIpc) is 2.40. The third-order valence-electron chi connectivity index (χ3n) is 3.46. The Morgan fingerprint density at radius 1 is 1.44 bits per heavy atom. The van der Waals surface area contributed by atoms with Gasteiger partial charge in [-0.25, -0.2) is 4.39 Å². The second-order valence-electron chi connectivity index (χ2n) is 4.68. The Kier molecular flexibility index (Phi) is 4.95. The molecular formula is C13H18ClFN2O. The van der Waals surface area contributed by atoms with Crippen LogP contribution in [-0.4, -0.2) is 13.2 Å². The second kappa shape index (κ2) is 6.48. The van der Waals surface area contributed by atoms with Crippen LogP contribution in [0.4, 0.5) is 4.39 Å². The normalized spacial score (nSPS) is 18.8. The molecule has 1 unspecified atom stereocenters. The lowest BCUT2D eigenvalue weighted by molar-refractivity contribution is 0.0605. The van der Waals surface area contributed by atoms with Crippen LogP contribution in [0, 0.1) is 11.7 Å². The number of hydrogen-bond donors (Lipinski definition) is 2. The zero-order valence-corrected chi connectivity index (χ0v) is 10.9. The van der Waals surface area contributed by atoms with Gasteiger partial charge in [0.2, 0.25) is 0 Å². The lowest BCUT2D eigenvalue weighted by Gasteiger charge is -2.26. The van der Waals surface area contributed by atoms with Gasteiger partial charge < -0.3 is 4.74 Å². The lowest BCUT2D eigenvalue weighted by atomic mass is 9.90. The van der Waals surface area contributed by atoms with Gasteiger partial charge in [0.05, 0.1) is 5.02 Å². The Bertz CT molecular complexity index is 397. The molecule has 0 amide bonds. The monoisotopic (exact) mass is 272 g/mol. The molecule has 1 aliphatic heterocycles. The van der Waals surface area contributed by atoms with E-state index in [1.54, 1.807) is 12.1 Å². The molecule has 1 aromatic rings. The van der Waals surface area contributed by atoms with E-state index in [0.717, 1.165) is 38.0 Å². The first-order chi connectivity index (χ1) is 8.70. The van der Waals surface area contributed by atoms with Gasteiger partial charge in [0.15, 0.2) is 0 Å². The Hall–Kier alpha value is -0.680. The molecular weight excluding hydrogens is 255 g/mol. The van der Waals surface area contributed by atoms with Crippen molar-refractivity contribution in [2.45, 2.75) is 25.3 Å². The van der Waals surface area contributed by atoms with Gasteiger partial charge in [0.1, 0.15) is 5.82 Å². The van der Waals surface area contributed by atoms with Crippen molar-refractivity contribution in [3.63, 3.8) is 0 Å². The molecule has 1 aromatic carbocycles. The predicted molar refractivity (Wildman–Crippen MR) is 69.6 cm³/mol. The highest BCUT2D eigenvalue weighted by Gasteiger charge is 2.20.